The third-order valence-corrected chi connectivity index (χ3v) is 9.54. The van der Waals surface area contributed by atoms with Crippen molar-refractivity contribution in [3.8, 4) is 22.1 Å². The average molecular weight is 523 g/mol. The van der Waals surface area contributed by atoms with Crippen molar-refractivity contribution in [1.29, 1.82) is 0 Å². The molecule has 4 aromatic rings. The molecule has 8 heteroatoms. The summed E-state index contributed by atoms with van der Waals surface area (Å²) in [5, 5.41) is 13.5. The molecule has 0 spiro atoms. The molecule has 2 N–H and O–H groups in total. The van der Waals surface area contributed by atoms with Gasteiger partial charge in [-0.05, 0) is 61.3 Å². The molecule has 36 heavy (non-hydrogen) atoms. The van der Waals surface area contributed by atoms with Crippen LogP contribution in [0.1, 0.15) is 50.5 Å². The number of benzene rings is 3. The first-order chi connectivity index (χ1) is 17.4. The van der Waals surface area contributed by atoms with Crippen LogP contribution >= 0.6 is 11.3 Å². The molecule has 188 valence electrons. The number of aromatic hydroxyl groups is 1. The van der Waals surface area contributed by atoms with Crippen LogP contribution in [0.3, 0.4) is 0 Å². The molecule has 0 aliphatic heterocycles. The molecule has 1 aliphatic carbocycles. The molecule has 0 amide bonds. The van der Waals surface area contributed by atoms with Gasteiger partial charge in [-0.2, -0.15) is 8.42 Å². The molecule has 1 fully saturated rings. The maximum atomic E-state index is 13.2. The lowest BCUT2D eigenvalue weighted by molar-refractivity contribution is 0.319. The molecule has 6 nitrogen and oxygen atoms in total. The number of rotatable bonds is 7. The van der Waals surface area contributed by atoms with Crippen LogP contribution in [0, 0.1) is 5.92 Å². The van der Waals surface area contributed by atoms with E-state index in [4.69, 9.17) is 4.74 Å². The minimum Gasteiger partial charge on any atom is -0.507 e. The van der Waals surface area contributed by atoms with Crippen LogP contribution in [0.25, 0.3) is 21.3 Å². The van der Waals surface area contributed by atoms with E-state index in [1.807, 2.05) is 12.1 Å². The molecule has 0 unspecified atom stereocenters. The largest absolute Gasteiger partial charge is 0.507 e. The summed E-state index contributed by atoms with van der Waals surface area (Å²) in [7, 11) is -2.47. The number of hydrogen-bond donors (Lipinski definition) is 2. The number of fused-ring (bicyclic) bond motifs is 1. The molecule has 0 saturated heterocycles. The predicted octanol–water partition coefficient (Wildman–Crippen LogP) is 7.16. The maximum Gasteiger partial charge on any atom is 0.280 e. The van der Waals surface area contributed by atoms with E-state index >= 15 is 0 Å². The number of phenols is 1. The predicted molar refractivity (Wildman–Crippen MR) is 146 cm³/mol. The zero-order chi connectivity index (χ0) is 25.3. The molecule has 1 aliphatic rings. The Hall–Kier alpha value is -3.10. The number of nitrogens with one attached hydrogen (secondary N) is 1. The fourth-order valence-corrected chi connectivity index (χ4v) is 7.29. The second kappa shape index (κ2) is 10.1. The van der Waals surface area contributed by atoms with Crippen LogP contribution < -0.4 is 9.46 Å². The van der Waals surface area contributed by atoms with Gasteiger partial charge in [-0.3, -0.25) is 4.72 Å². The van der Waals surface area contributed by atoms with Crippen LogP contribution in [-0.4, -0.2) is 25.6 Å². The molecule has 0 radical (unpaired) electrons. The van der Waals surface area contributed by atoms with Crippen molar-refractivity contribution in [2.75, 3.05) is 11.8 Å². The molecular weight excluding hydrogens is 492 g/mol. The van der Waals surface area contributed by atoms with E-state index in [0.29, 0.717) is 27.4 Å². The number of hydrogen-bond acceptors (Lipinski definition) is 6. The van der Waals surface area contributed by atoms with Gasteiger partial charge in [-0.1, -0.05) is 49.7 Å². The Labute approximate surface area is 216 Å². The van der Waals surface area contributed by atoms with E-state index in [2.05, 4.69) is 28.8 Å². The quantitative estimate of drug-likeness (QED) is 0.269. The van der Waals surface area contributed by atoms with E-state index < -0.39 is 10.0 Å². The fourth-order valence-electron chi connectivity index (χ4n) is 5.13. The van der Waals surface area contributed by atoms with Gasteiger partial charge in [0.25, 0.3) is 10.0 Å². The lowest BCUT2D eigenvalue weighted by Gasteiger charge is -2.28. The first-order valence-corrected chi connectivity index (χ1v) is 14.6. The highest BCUT2D eigenvalue weighted by atomic mass is 32.2. The smallest absolute Gasteiger partial charge is 0.280 e. The SMILES string of the molecule is CCC1CCC(c2ccc(-c3nc(S(=O)(=O)Nc4ccc5c(O)cccc5c4OC)cs3)cc2)CC1. The number of aromatic nitrogens is 1. The molecule has 1 heterocycles. The first-order valence-electron chi connectivity index (χ1n) is 12.3. The number of nitrogens with zero attached hydrogens (tertiary/aromatic N) is 1. The van der Waals surface area contributed by atoms with Crippen LogP contribution in [0.5, 0.6) is 11.5 Å². The van der Waals surface area contributed by atoms with E-state index in [0.717, 1.165) is 11.5 Å². The Morgan fingerprint density at radius 3 is 2.47 bits per heavy atom. The zero-order valence-electron chi connectivity index (χ0n) is 20.4. The molecule has 1 saturated carbocycles. The average Bonchev–Trinajstić information content (AvgIpc) is 3.40. The Balaban J connectivity index is 1.35. The highest BCUT2D eigenvalue weighted by Gasteiger charge is 2.23. The second-order valence-corrected chi connectivity index (χ2v) is 11.9. The lowest BCUT2D eigenvalue weighted by atomic mass is 9.78. The standard InChI is InChI=1S/C28H30N2O4S2/c1-3-18-7-9-19(10-8-18)20-11-13-21(14-12-20)28-29-26(17-35-28)36(32,33)30-24-16-15-22-23(27(24)34-2)5-4-6-25(22)31/h4-6,11-19,30-31H,3,7-10H2,1-2H3. The van der Waals surface area contributed by atoms with Crippen molar-refractivity contribution in [1.82, 2.24) is 4.98 Å². The number of ether oxygens (including phenoxy) is 1. The summed E-state index contributed by atoms with van der Waals surface area (Å²) in [6, 6.07) is 16.7. The van der Waals surface area contributed by atoms with Crippen LogP contribution in [0.2, 0.25) is 0 Å². The summed E-state index contributed by atoms with van der Waals surface area (Å²) in [5.74, 6) is 1.92. The third-order valence-electron chi connectivity index (χ3n) is 7.25. The molecule has 0 bridgehead atoms. The Morgan fingerprint density at radius 1 is 1.03 bits per heavy atom. The van der Waals surface area contributed by atoms with Crippen molar-refractivity contribution >= 4 is 37.8 Å². The van der Waals surface area contributed by atoms with Crippen molar-refractivity contribution < 1.29 is 18.3 Å². The monoisotopic (exact) mass is 522 g/mol. The summed E-state index contributed by atoms with van der Waals surface area (Å²) < 4.78 is 34.4. The molecular formula is C28H30N2O4S2. The van der Waals surface area contributed by atoms with Crippen molar-refractivity contribution in [2.45, 2.75) is 50.0 Å². The van der Waals surface area contributed by atoms with Gasteiger partial charge in [0.1, 0.15) is 10.8 Å². The van der Waals surface area contributed by atoms with Crippen molar-refractivity contribution in [2.24, 2.45) is 5.92 Å². The number of sulfonamides is 1. The number of phenolic OH excluding ortho intramolecular Hbond substituents is 1. The molecule has 3 aromatic carbocycles. The second-order valence-electron chi connectivity index (χ2n) is 9.36. The maximum absolute atomic E-state index is 13.2. The number of methoxy groups -OCH3 is 1. The summed E-state index contributed by atoms with van der Waals surface area (Å²) in [6.45, 7) is 2.28. The van der Waals surface area contributed by atoms with E-state index in [-0.39, 0.29) is 16.5 Å². The van der Waals surface area contributed by atoms with Crippen LogP contribution in [0.4, 0.5) is 5.69 Å². The molecule has 1 aromatic heterocycles. The van der Waals surface area contributed by atoms with Crippen molar-refractivity contribution in [3.63, 3.8) is 0 Å². The summed E-state index contributed by atoms with van der Waals surface area (Å²) in [4.78, 5) is 4.43. The highest BCUT2D eigenvalue weighted by Crippen LogP contribution is 2.39. The lowest BCUT2D eigenvalue weighted by Crippen LogP contribution is -2.14. The first kappa shape index (κ1) is 24.6. The minimum atomic E-state index is -3.94. The normalized spacial score (nSPS) is 18.3. The third kappa shape index (κ3) is 4.80. The van der Waals surface area contributed by atoms with Gasteiger partial charge in [0.2, 0.25) is 0 Å². The molecule has 5 rings (SSSR count). The van der Waals surface area contributed by atoms with Crippen LogP contribution in [-0.2, 0) is 10.0 Å². The van der Waals surface area contributed by atoms with Gasteiger partial charge < -0.3 is 9.84 Å². The van der Waals surface area contributed by atoms with E-state index in [9.17, 15) is 13.5 Å². The van der Waals surface area contributed by atoms with Gasteiger partial charge in [-0.15, -0.1) is 11.3 Å². The van der Waals surface area contributed by atoms with Crippen LogP contribution in [0.15, 0.2) is 65.0 Å². The minimum absolute atomic E-state index is 0.0393. The zero-order valence-corrected chi connectivity index (χ0v) is 22.0. The number of thiazole rings is 1. The van der Waals surface area contributed by atoms with Gasteiger partial charge in [-0.25, -0.2) is 4.98 Å². The van der Waals surface area contributed by atoms with Gasteiger partial charge in [0.15, 0.2) is 10.8 Å². The summed E-state index contributed by atoms with van der Waals surface area (Å²) in [5.41, 5.74) is 2.55. The van der Waals surface area contributed by atoms with Crippen molar-refractivity contribution in [3.05, 3.63) is 65.5 Å². The van der Waals surface area contributed by atoms with Gasteiger partial charge >= 0.3 is 0 Å². The number of anilines is 1. The highest BCUT2D eigenvalue weighted by molar-refractivity contribution is 7.92. The Bertz CT molecular complexity index is 1470. The Kier molecular flexibility index (Phi) is 6.90. The Morgan fingerprint density at radius 2 is 1.78 bits per heavy atom. The molecule has 0 atom stereocenters. The topological polar surface area (TPSA) is 88.5 Å². The summed E-state index contributed by atoms with van der Waals surface area (Å²) in [6.07, 6.45) is 6.34. The van der Waals surface area contributed by atoms with Gasteiger partial charge in [0.05, 0.1) is 12.8 Å². The fraction of sp³-hybridized carbons (Fsp3) is 0.321. The van der Waals surface area contributed by atoms with E-state index in [1.54, 1.807) is 35.7 Å². The van der Waals surface area contributed by atoms with Gasteiger partial charge in [0, 0.05) is 21.7 Å². The summed E-state index contributed by atoms with van der Waals surface area (Å²) >= 11 is 1.30. The van der Waals surface area contributed by atoms with E-state index in [1.165, 1.54) is 56.1 Å².